The van der Waals surface area contributed by atoms with Gasteiger partial charge in [-0.15, -0.1) is 0 Å². The Balaban J connectivity index is 2.22. The lowest BCUT2D eigenvalue weighted by atomic mass is 9.96. The van der Waals surface area contributed by atoms with Gasteiger partial charge in [-0.05, 0) is 30.5 Å². The van der Waals surface area contributed by atoms with E-state index >= 15 is 0 Å². The molecule has 0 aromatic heterocycles. The van der Waals surface area contributed by atoms with Crippen LogP contribution in [0.15, 0.2) is 40.9 Å². The summed E-state index contributed by atoms with van der Waals surface area (Å²) in [7, 11) is 0. The second-order valence-corrected chi connectivity index (χ2v) is 4.72. The molecular weight excluding hydrogens is 238 g/mol. The van der Waals surface area contributed by atoms with Gasteiger partial charge in [-0.2, -0.15) is 0 Å². The minimum atomic E-state index is 0.306. The number of hydrogen-bond donors (Lipinski definition) is 1. The lowest BCUT2D eigenvalue weighted by Gasteiger charge is -2.10. The fourth-order valence-electron chi connectivity index (χ4n) is 1.76. The zero-order valence-electron chi connectivity index (χ0n) is 8.04. The first-order chi connectivity index (χ1) is 6.77. The molecule has 0 spiro atoms. The van der Waals surface area contributed by atoms with Gasteiger partial charge in [0.15, 0.2) is 0 Å². The zero-order chi connectivity index (χ0) is 10.0. The van der Waals surface area contributed by atoms with Gasteiger partial charge in [0.05, 0.1) is 0 Å². The Morgan fingerprint density at radius 3 is 2.43 bits per heavy atom. The maximum Gasteiger partial charge on any atom is 0.0175 e. The average Bonchev–Trinajstić information content (AvgIpc) is 2.97. The van der Waals surface area contributed by atoms with Gasteiger partial charge in [-0.25, -0.2) is 0 Å². The number of hydrogen-bond acceptors (Lipinski definition) is 1. The van der Waals surface area contributed by atoms with Gasteiger partial charge in [0.1, 0.15) is 0 Å². The lowest BCUT2D eigenvalue weighted by Crippen LogP contribution is -2.03. The highest BCUT2D eigenvalue weighted by Gasteiger charge is 2.41. The Labute approximate surface area is 93.1 Å². The zero-order valence-corrected chi connectivity index (χ0v) is 9.63. The largest absolute Gasteiger partial charge is 0.327 e. The summed E-state index contributed by atoms with van der Waals surface area (Å²) in [6.07, 6.45) is 6.83. The van der Waals surface area contributed by atoms with Crippen molar-refractivity contribution >= 4 is 15.9 Å². The van der Waals surface area contributed by atoms with Gasteiger partial charge in [-0.1, -0.05) is 40.2 Å². The van der Waals surface area contributed by atoms with Crippen molar-refractivity contribution in [2.24, 2.45) is 5.73 Å². The molecule has 1 saturated carbocycles. The molecule has 0 atom stereocenters. The Morgan fingerprint density at radius 2 is 1.93 bits per heavy atom. The van der Waals surface area contributed by atoms with E-state index in [-0.39, 0.29) is 0 Å². The van der Waals surface area contributed by atoms with Gasteiger partial charge < -0.3 is 5.73 Å². The van der Waals surface area contributed by atoms with Crippen molar-refractivity contribution in [3.8, 4) is 0 Å². The summed E-state index contributed by atoms with van der Waals surface area (Å²) < 4.78 is 1.14. The standard InChI is InChI=1S/C12H14BrN/c13-11-4-2-10(3-5-11)12(7-8-12)6-1-9-14/h1-6H,7-9,14H2/b6-1+. The van der Waals surface area contributed by atoms with Crippen LogP contribution < -0.4 is 5.73 Å². The molecule has 1 aromatic carbocycles. The van der Waals surface area contributed by atoms with E-state index in [2.05, 4.69) is 52.3 Å². The quantitative estimate of drug-likeness (QED) is 0.822. The molecule has 0 saturated heterocycles. The van der Waals surface area contributed by atoms with Crippen molar-refractivity contribution < 1.29 is 0 Å². The third kappa shape index (κ3) is 1.91. The van der Waals surface area contributed by atoms with E-state index in [1.54, 1.807) is 0 Å². The number of allylic oxidation sites excluding steroid dienone is 1. The molecular formula is C12H14BrN. The van der Waals surface area contributed by atoms with Gasteiger partial charge in [0.2, 0.25) is 0 Å². The van der Waals surface area contributed by atoms with Crippen molar-refractivity contribution in [2.75, 3.05) is 6.54 Å². The Morgan fingerprint density at radius 1 is 1.29 bits per heavy atom. The molecule has 2 heteroatoms. The monoisotopic (exact) mass is 251 g/mol. The predicted molar refractivity (Wildman–Crippen MR) is 63.2 cm³/mol. The van der Waals surface area contributed by atoms with Crippen LogP contribution in [0.3, 0.4) is 0 Å². The van der Waals surface area contributed by atoms with E-state index < -0.39 is 0 Å². The van der Waals surface area contributed by atoms with E-state index in [1.807, 2.05) is 0 Å². The van der Waals surface area contributed by atoms with Crippen LogP contribution in [0.2, 0.25) is 0 Å². The van der Waals surface area contributed by atoms with Gasteiger partial charge >= 0.3 is 0 Å². The van der Waals surface area contributed by atoms with Crippen molar-refractivity contribution in [2.45, 2.75) is 18.3 Å². The minimum absolute atomic E-state index is 0.306. The molecule has 74 valence electrons. The first-order valence-electron chi connectivity index (χ1n) is 4.91. The van der Waals surface area contributed by atoms with Crippen molar-refractivity contribution in [1.29, 1.82) is 0 Å². The van der Waals surface area contributed by atoms with E-state index in [0.717, 1.165) is 4.47 Å². The molecule has 0 radical (unpaired) electrons. The molecule has 1 aromatic rings. The SMILES string of the molecule is NC/C=C/C1(c2ccc(Br)cc2)CC1. The summed E-state index contributed by atoms with van der Waals surface area (Å²) in [5.41, 5.74) is 7.18. The number of nitrogens with two attached hydrogens (primary N) is 1. The molecule has 0 bridgehead atoms. The molecule has 14 heavy (non-hydrogen) atoms. The summed E-state index contributed by atoms with van der Waals surface area (Å²) in [5, 5.41) is 0. The van der Waals surface area contributed by atoms with Crippen LogP contribution in [0.4, 0.5) is 0 Å². The van der Waals surface area contributed by atoms with Crippen molar-refractivity contribution in [3.05, 3.63) is 46.5 Å². The molecule has 0 aliphatic heterocycles. The van der Waals surface area contributed by atoms with Crippen molar-refractivity contribution in [3.63, 3.8) is 0 Å². The van der Waals surface area contributed by atoms with Crippen LogP contribution in [0, 0.1) is 0 Å². The summed E-state index contributed by atoms with van der Waals surface area (Å²) >= 11 is 3.45. The van der Waals surface area contributed by atoms with Gasteiger partial charge in [0.25, 0.3) is 0 Å². The highest BCUT2D eigenvalue weighted by Crippen LogP contribution is 2.49. The average molecular weight is 252 g/mol. The van der Waals surface area contributed by atoms with E-state index in [1.165, 1.54) is 18.4 Å². The van der Waals surface area contributed by atoms with Crippen LogP contribution in [-0.4, -0.2) is 6.54 Å². The highest BCUT2D eigenvalue weighted by atomic mass is 79.9. The van der Waals surface area contributed by atoms with Crippen LogP contribution >= 0.6 is 15.9 Å². The molecule has 2 rings (SSSR count). The minimum Gasteiger partial charge on any atom is -0.327 e. The molecule has 0 heterocycles. The normalized spacial score (nSPS) is 18.7. The van der Waals surface area contributed by atoms with Crippen molar-refractivity contribution in [1.82, 2.24) is 0 Å². The predicted octanol–water partition coefficient (Wildman–Crippen LogP) is 3.00. The number of rotatable bonds is 3. The maximum absolute atomic E-state index is 5.47. The number of benzene rings is 1. The molecule has 1 aliphatic carbocycles. The molecule has 1 aliphatic rings. The summed E-state index contributed by atoms with van der Waals surface area (Å²) in [6, 6.07) is 8.59. The second kappa shape index (κ2) is 3.87. The first kappa shape index (κ1) is 9.94. The van der Waals surface area contributed by atoms with Crippen LogP contribution in [0.25, 0.3) is 0 Å². The van der Waals surface area contributed by atoms with Crippen LogP contribution in [-0.2, 0) is 5.41 Å². The molecule has 1 nitrogen and oxygen atoms in total. The first-order valence-corrected chi connectivity index (χ1v) is 5.70. The summed E-state index contributed by atoms with van der Waals surface area (Å²) in [6.45, 7) is 0.637. The Kier molecular flexibility index (Phi) is 2.75. The lowest BCUT2D eigenvalue weighted by molar-refractivity contribution is 0.885. The highest BCUT2D eigenvalue weighted by molar-refractivity contribution is 9.10. The van der Waals surface area contributed by atoms with E-state index in [9.17, 15) is 0 Å². The number of halogens is 1. The summed E-state index contributed by atoms with van der Waals surface area (Å²) in [4.78, 5) is 0. The van der Waals surface area contributed by atoms with Gasteiger partial charge in [0, 0.05) is 16.4 Å². The smallest absolute Gasteiger partial charge is 0.0175 e. The van der Waals surface area contributed by atoms with Gasteiger partial charge in [-0.3, -0.25) is 0 Å². The molecule has 2 N–H and O–H groups in total. The fourth-order valence-corrected chi connectivity index (χ4v) is 2.03. The molecule has 1 fully saturated rings. The third-order valence-corrected chi connectivity index (χ3v) is 3.31. The molecule has 0 unspecified atom stereocenters. The molecule has 0 amide bonds. The van der Waals surface area contributed by atoms with E-state index in [4.69, 9.17) is 5.73 Å². The third-order valence-electron chi connectivity index (χ3n) is 2.78. The summed E-state index contributed by atoms with van der Waals surface area (Å²) in [5.74, 6) is 0. The van der Waals surface area contributed by atoms with Crippen LogP contribution in [0.5, 0.6) is 0 Å². The second-order valence-electron chi connectivity index (χ2n) is 3.80. The van der Waals surface area contributed by atoms with Crippen LogP contribution in [0.1, 0.15) is 18.4 Å². The topological polar surface area (TPSA) is 26.0 Å². The Bertz CT molecular complexity index is 336. The maximum atomic E-state index is 5.47. The fraction of sp³-hybridized carbons (Fsp3) is 0.333. The van der Waals surface area contributed by atoms with E-state index in [0.29, 0.717) is 12.0 Å². The Hall–Kier alpha value is -0.600.